The van der Waals surface area contributed by atoms with E-state index < -0.39 is 37.7 Å². The number of morpholine rings is 1. The van der Waals surface area contributed by atoms with Crippen molar-refractivity contribution in [1.29, 1.82) is 0 Å². The van der Waals surface area contributed by atoms with Crippen molar-refractivity contribution in [3.8, 4) is 11.4 Å². The number of amides is 3. The predicted octanol–water partition coefficient (Wildman–Crippen LogP) is 0.469. The van der Waals surface area contributed by atoms with Gasteiger partial charge in [0.05, 0.1) is 19.4 Å². The minimum atomic E-state index is -4.46. The number of rotatable bonds is 8. The fourth-order valence-electron chi connectivity index (χ4n) is 4.35. The van der Waals surface area contributed by atoms with Gasteiger partial charge in [0.25, 0.3) is 5.91 Å². The first-order chi connectivity index (χ1) is 18.6. The van der Waals surface area contributed by atoms with Crippen LogP contribution in [-0.2, 0) is 14.1 Å². The van der Waals surface area contributed by atoms with Crippen LogP contribution in [0.25, 0.3) is 11.4 Å². The summed E-state index contributed by atoms with van der Waals surface area (Å²) >= 11 is 0. The fraction of sp³-hybridized carbons (Fsp3) is 0.458. The third-order valence-corrected chi connectivity index (χ3v) is 7.33. The summed E-state index contributed by atoms with van der Waals surface area (Å²) in [5, 5.41) is 11.8. The zero-order valence-corrected chi connectivity index (χ0v) is 22.1. The van der Waals surface area contributed by atoms with Crippen LogP contribution in [0.1, 0.15) is 16.9 Å². The van der Waals surface area contributed by atoms with Gasteiger partial charge in [-0.3, -0.25) is 14.2 Å². The van der Waals surface area contributed by atoms with E-state index in [0.717, 1.165) is 0 Å². The lowest BCUT2D eigenvalue weighted by Gasteiger charge is -2.35. The van der Waals surface area contributed by atoms with E-state index in [9.17, 15) is 28.7 Å². The van der Waals surface area contributed by atoms with Crippen molar-refractivity contribution in [3.05, 3.63) is 42.1 Å². The Kier molecular flexibility index (Phi) is 9.12. The molecule has 210 valence electrons. The second-order valence-electron chi connectivity index (χ2n) is 9.20. The van der Waals surface area contributed by atoms with Gasteiger partial charge in [0.2, 0.25) is 5.91 Å². The zero-order valence-electron chi connectivity index (χ0n) is 21.2. The number of nitrogens with zero attached hydrogens (tertiary/aromatic N) is 5. The third kappa shape index (κ3) is 7.73. The second-order valence-corrected chi connectivity index (χ2v) is 11.0. The van der Waals surface area contributed by atoms with Crippen LogP contribution < -0.4 is 10.2 Å². The Balaban J connectivity index is 1.58. The molecule has 1 aromatic carbocycles. The van der Waals surface area contributed by atoms with Gasteiger partial charge < -0.3 is 39.6 Å². The molecule has 1 atom stereocenters. The quantitative estimate of drug-likeness (QED) is 0.328. The van der Waals surface area contributed by atoms with Crippen LogP contribution in [0.5, 0.6) is 0 Å². The summed E-state index contributed by atoms with van der Waals surface area (Å²) in [5.74, 6) is -0.419. The maximum atomic E-state index is 13.4. The van der Waals surface area contributed by atoms with Gasteiger partial charge in [-0.1, -0.05) is 30.3 Å². The minimum absolute atomic E-state index is 0.00461. The average molecular weight is 563 g/mol. The molecule has 0 radical (unpaired) electrons. The first-order valence-corrected chi connectivity index (χ1v) is 14.3. The molecule has 4 rings (SSSR count). The first-order valence-electron chi connectivity index (χ1n) is 12.5. The highest BCUT2D eigenvalue weighted by molar-refractivity contribution is 7.51. The van der Waals surface area contributed by atoms with Crippen LogP contribution in [-0.4, -0.2) is 117 Å². The number of carbonyl (C=O) groups excluding carboxylic acids is 2. The maximum Gasteiger partial charge on any atom is 0.407 e. The molecule has 0 bridgehead atoms. The predicted molar refractivity (Wildman–Crippen MR) is 139 cm³/mol. The van der Waals surface area contributed by atoms with Crippen molar-refractivity contribution in [2.45, 2.75) is 12.5 Å². The van der Waals surface area contributed by atoms with E-state index in [0.29, 0.717) is 43.5 Å². The molecule has 39 heavy (non-hydrogen) atoms. The molecule has 2 aromatic rings. The van der Waals surface area contributed by atoms with Crippen molar-refractivity contribution >= 4 is 31.3 Å². The maximum absolute atomic E-state index is 13.4. The van der Waals surface area contributed by atoms with E-state index in [2.05, 4.69) is 15.3 Å². The summed E-state index contributed by atoms with van der Waals surface area (Å²) in [5.41, 5.74) is 0.683. The van der Waals surface area contributed by atoms with Gasteiger partial charge >= 0.3 is 13.7 Å². The molecule has 2 saturated heterocycles. The normalized spacial score (nSPS) is 17.0. The molecule has 2 aliphatic rings. The number of piperazine rings is 1. The van der Waals surface area contributed by atoms with Gasteiger partial charge in [-0.25, -0.2) is 14.8 Å². The lowest BCUT2D eigenvalue weighted by Crippen LogP contribution is -2.56. The van der Waals surface area contributed by atoms with E-state index in [1.165, 1.54) is 15.9 Å². The third-order valence-electron chi connectivity index (χ3n) is 6.49. The van der Waals surface area contributed by atoms with Gasteiger partial charge in [0, 0.05) is 50.9 Å². The standard InChI is InChI=1S/C24H31N6O8P/c31-22(26-18(6-15-39(35,36)37)23(32)29-7-9-30(10-8-29)24(33)34)19-16-20(28-11-13-38-14-12-28)27-21(25-19)17-4-2-1-3-5-17/h1-5,16,18H,6-15H2,(H,26,31)(H,33,34)(H2,35,36,37)/t18-/m0/s1. The van der Waals surface area contributed by atoms with Crippen LogP contribution in [0, 0.1) is 0 Å². The lowest BCUT2D eigenvalue weighted by atomic mass is 10.1. The highest BCUT2D eigenvalue weighted by Gasteiger charge is 2.32. The summed E-state index contributed by atoms with van der Waals surface area (Å²) in [4.78, 5) is 70.4. The Morgan fingerprint density at radius 1 is 0.974 bits per heavy atom. The summed E-state index contributed by atoms with van der Waals surface area (Å²) in [6.07, 6.45) is -2.01. The second kappa shape index (κ2) is 12.5. The molecule has 0 spiro atoms. The van der Waals surface area contributed by atoms with Gasteiger partial charge in [0.15, 0.2) is 5.82 Å². The van der Waals surface area contributed by atoms with Gasteiger partial charge in [-0.05, 0) is 6.42 Å². The summed E-state index contributed by atoms with van der Waals surface area (Å²) < 4.78 is 17.0. The van der Waals surface area contributed by atoms with Gasteiger partial charge in [-0.2, -0.15) is 0 Å². The van der Waals surface area contributed by atoms with Gasteiger partial charge in [0.1, 0.15) is 17.6 Å². The molecular formula is C24H31N6O8P. The molecular weight excluding hydrogens is 531 g/mol. The number of benzene rings is 1. The average Bonchev–Trinajstić information content (AvgIpc) is 2.95. The van der Waals surface area contributed by atoms with Crippen molar-refractivity contribution < 1.29 is 38.6 Å². The van der Waals surface area contributed by atoms with E-state index in [1.807, 2.05) is 35.2 Å². The zero-order chi connectivity index (χ0) is 28.0. The van der Waals surface area contributed by atoms with Crippen molar-refractivity contribution in [1.82, 2.24) is 25.1 Å². The van der Waals surface area contributed by atoms with E-state index in [1.54, 1.807) is 0 Å². The van der Waals surface area contributed by atoms with Gasteiger partial charge in [-0.15, -0.1) is 0 Å². The Labute approximate surface area is 224 Å². The molecule has 2 aliphatic heterocycles. The monoisotopic (exact) mass is 562 g/mol. The SMILES string of the molecule is O=C(N[C@@H](CCP(=O)(O)O)C(=O)N1CCN(C(=O)O)CC1)c1cc(N2CCOCC2)nc(-c2ccccc2)n1. The molecule has 0 aliphatic carbocycles. The number of ether oxygens (including phenoxy) is 1. The molecule has 3 heterocycles. The number of anilines is 1. The Morgan fingerprint density at radius 3 is 2.23 bits per heavy atom. The van der Waals surface area contributed by atoms with Crippen molar-refractivity contribution in [2.24, 2.45) is 0 Å². The number of aromatic nitrogens is 2. The van der Waals surface area contributed by atoms with Crippen LogP contribution in [0.2, 0.25) is 0 Å². The molecule has 2 fully saturated rings. The molecule has 14 nitrogen and oxygen atoms in total. The topological polar surface area (TPSA) is 186 Å². The summed E-state index contributed by atoms with van der Waals surface area (Å²) in [6, 6.07) is 9.37. The van der Waals surface area contributed by atoms with Crippen LogP contribution in [0.15, 0.2) is 36.4 Å². The van der Waals surface area contributed by atoms with Crippen molar-refractivity contribution in [3.63, 3.8) is 0 Å². The van der Waals surface area contributed by atoms with Crippen molar-refractivity contribution in [2.75, 3.05) is 63.5 Å². The lowest BCUT2D eigenvalue weighted by molar-refractivity contribution is -0.134. The molecule has 0 unspecified atom stereocenters. The molecule has 1 aromatic heterocycles. The Morgan fingerprint density at radius 2 is 1.62 bits per heavy atom. The highest BCUT2D eigenvalue weighted by atomic mass is 31.2. The molecule has 4 N–H and O–H groups in total. The number of hydrogen-bond acceptors (Lipinski definition) is 8. The Hall–Kier alpha value is -3.58. The van der Waals surface area contributed by atoms with E-state index >= 15 is 0 Å². The van der Waals surface area contributed by atoms with Crippen LogP contribution in [0.4, 0.5) is 10.6 Å². The summed E-state index contributed by atoms with van der Waals surface area (Å²) in [7, 11) is -4.46. The molecule has 3 amide bonds. The highest BCUT2D eigenvalue weighted by Crippen LogP contribution is 2.35. The molecule has 15 heteroatoms. The van der Waals surface area contributed by atoms with E-state index in [4.69, 9.17) is 9.84 Å². The number of carboxylic acid groups (broad SMARTS) is 1. The van der Waals surface area contributed by atoms with Crippen LogP contribution in [0.3, 0.4) is 0 Å². The van der Waals surface area contributed by atoms with Crippen LogP contribution >= 0.6 is 7.60 Å². The number of carbonyl (C=O) groups is 3. The number of hydrogen-bond donors (Lipinski definition) is 4. The fourth-order valence-corrected chi connectivity index (χ4v) is 4.94. The largest absolute Gasteiger partial charge is 0.465 e. The molecule has 0 saturated carbocycles. The first kappa shape index (κ1) is 28.4. The smallest absolute Gasteiger partial charge is 0.407 e. The Bertz CT molecular complexity index is 1230. The minimum Gasteiger partial charge on any atom is -0.465 e. The summed E-state index contributed by atoms with van der Waals surface area (Å²) in [6.45, 7) is 2.52. The van der Waals surface area contributed by atoms with E-state index in [-0.39, 0.29) is 38.3 Å². The number of nitrogens with one attached hydrogen (secondary N) is 1.